The summed E-state index contributed by atoms with van der Waals surface area (Å²) >= 11 is 0. The van der Waals surface area contributed by atoms with E-state index in [0.717, 1.165) is 0 Å². The van der Waals surface area contributed by atoms with Crippen LogP contribution in [-0.4, -0.2) is 35.3 Å². The molecule has 0 spiro atoms. The van der Waals surface area contributed by atoms with Crippen LogP contribution in [0, 0.1) is 0 Å². The molecule has 1 heterocycles. The molecule has 1 aromatic carbocycles. The second-order valence-electron chi connectivity index (χ2n) is 4.52. The van der Waals surface area contributed by atoms with Gasteiger partial charge in [0.05, 0.1) is 17.2 Å². The third-order valence-corrected chi connectivity index (χ3v) is 2.97. The second-order valence-corrected chi connectivity index (χ2v) is 4.52. The summed E-state index contributed by atoms with van der Waals surface area (Å²) < 4.78 is 5.42. The average Bonchev–Trinajstić information content (AvgIpc) is 2.44. The molecule has 0 radical (unpaired) electrons. The number of nitrogens with one attached hydrogen (secondary N) is 1. The lowest BCUT2D eigenvalue weighted by molar-refractivity contribution is 0.0699. The summed E-state index contributed by atoms with van der Waals surface area (Å²) in [5, 5.41) is 13.0. The predicted octanol–water partition coefficient (Wildman–Crippen LogP) is 2.77. The van der Waals surface area contributed by atoms with Gasteiger partial charge in [0, 0.05) is 18.5 Å². The van der Waals surface area contributed by atoms with E-state index >= 15 is 0 Å². The van der Waals surface area contributed by atoms with Crippen LogP contribution in [-0.2, 0) is 4.74 Å². The van der Waals surface area contributed by atoms with Crippen LogP contribution in [0.4, 0.5) is 5.82 Å². The molecule has 0 amide bonds. The topological polar surface area (TPSA) is 71.5 Å². The van der Waals surface area contributed by atoms with Gasteiger partial charge in [-0.1, -0.05) is 18.2 Å². The second kappa shape index (κ2) is 6.34. The van der Waals surface area contributed by atoms with Crippen LogP contribution in [0.3, 0.4) is 0 Å². The molecule has 0 bridgehead atoms. The van der Waals surface area contributed by atoms with Crippen LogP contribution in [0.15, 0.2) is 30.3 Å². The van der Waals surface area contributed by atoms with Gasteiger partial charge < -0.3 is 15.2 Å². The zero-order valence-corrected chi connectivity index (χ0v) is 11.6. The van der Waals surface area contributed by atoms with Gasteiger partial charge in [-0.25, -0.2) is 9.78 Å². The van der Waals surface area contributed by atoms with E-state index in [0.29, 0.717) is 29.9 Å². The molecule has 0 saturated carbocycles. The van der Waals surface area contributed by atoms with E-state index < -0.39 is 5.97 Å². The summed E-state index contributed by atoms with van der Waals surface area (Å²) in [6.45, 7) is 5.12. The zero-order valence-electron chi connectivity index (χ0n) is 11.6. The Balaban J connectivity index is 2.28. The van der Waals surface area contributed by atoms with Gasteiger partial charge in [0.2, 0.25) is 0 Å². The highest BCUT2D eigenvalue weighted by molar-refractivity contribution is 6.03. The molecule has 5 nitrogen and oxygen atoms in total. The number of hydrogen-bond donors (Lipinski definition) is 2. The number of pyridine rings is 1. The molecule has 1 aromatic heterocycles. The minimum atomic E-state index is -0.954. The monoisotopic (exact) mass is 274 g/mol. The number of para-hydroxylation sites is 1. The number of aromatic carboxylic acids is 1. The maximum atomic E-state index is 11.3. The van der Waals surface area contributed by atoms with Crippen molar-refractivity contribution in [2.45, 2.75) is 20.0 Å². The van der Waals surface area contributed by atoms with E-state index in [1.807, 2.05) is 19.9 Å². The SMILES string of the molecule is CCOC(C)CNc1cc(C(=O)O)c2ccccc2n1. The number of nitrogens with zero attached hydrogens (tertiary/aromatic N) is 1. The fourth-order valence-electron chi connectivity index (χ4n) is 2.03. The molecular formula is C15H18N2O3. The van der Waals surface area contributed by atoms with Crippen molar-refractivity contribution in [3.63, 3.8) is 0 Å². The summed E-state index contributed by atoms with van der Waals surface area (Å²) in [7, 11) is 0. The first kappa shape index (κ1) is 14.3. The lowest BCUT2D eigenvalue weighted by Crippen LogP contribution is -2.20. The number of carboxylic acid groups (broad SMARTS) is 1. The number of rotatable bonds is 6. The summed E-state index contributed by atoms with van der Waals surface area (Å²) in [6, 6.07) is 8.77. The molecule has 0 aliphatic heterocycles. The average molecular weight is 274 g/mol. The molecule has 106 valence electrons. The molecule has 0 aliphatic carbocycles. The minimum absolute atomic E-state index is 0.0431. The Bertz CT molecular complexity index is 613. The van der Waals surface area contributed by atoms with Gasteiger partial charge in [0.15, 0.2) is 0 Å². The number of carboxylic acids is 1. The van der Waals surface area contributed by atoms with Crippen molar-refractivity contribution in [1.82, 2.24) is 4.98 Å². The molecule has 5 heteroatoms. The van der Waals surface area contributed by atoms with Crippen molar-refractivity contribution >= 4 is 22.7 Å². The Kier molecular flexibility index (Phi) is 4.53. The van der Waals surface area contributed by atoms with Crippen LogP contribution in [0.1, 0.15) is 24.2 Å². The Morgan fingerprint density at radius 3 is 2.90 bits per heavy atom. The highest BCUT2D eigenvalue weighted by atomic mass is 16.5. The highest BCUT2D eigenvalue weighted by Gasteiger charge is 2.11. The first-order chi connectivity index (χ1) is 9.61. The normalized spacial score (nSPS) is 12.3. The molecule has 20 heavy (non-hydrogen) atoms. The van der Waals surface area contributed by atoms with Crippen molar-refractivity contribution in [3.8, 4) is 0 Å². The Hall–Kier alpha value is -2.14. The van der Waals surface area contributed by atoms with E-state index in [4.69, 9.17) is 4.74 Å². The van der Waals surface area contributed by atoms with Crippen molar-refractivity contribution < 1.29 is 14.6 Å². The van der Waals surface area contributed by atoms with E-state index in [-0.39, 0.29) is 11.7 Å². The van der Waals surface area contributed by atoms with Crippen molar-refractivity contribution in [2.75, 3.05) is 18.5 Å². The number of ether oxygens (including phenoxy) is 1. The molecule has 1 atom stereocenters. The molecule has 0 aliphatic rings. The van der Waals surface area contributed by atoms with E-state index in [9.17, 15) is 9.90 Å². The van der Waals surface area contributed by atoms with Crippen molar-refractivity contribution in [1.29, 1.82) is 0 Å². The highest BCUT2D eigenvalue weighted by Crippen LogP contribution is 2.20. The van der Waals surface area contributed by atoms with Crippen LogP contribution in [0.2, 0.25) is 0 Å². The Morgan fingerprint density at radius 1 is 1.45 bits per heavy atom. The van der Waals surface area contributed by atoms with E-state index in [1.165, 1.54) is 0 Å². The molecule has 2 N–H and O–H groups in total. The molecule has 0 saturated heterocycles. The number of benzene rings is 1. The summed E-state index contributed by atoms with van der Waals surface area (Å²) in [4.78, 5) is 15.7. The standard InChI is InChI=1S/C15H18N2O3/c1-3-20-10(2)9-16-14-8-12(15(18)19)11-6-4-5-7-13(11)17-14/h4-8,10H,3,9H2,1-2H3,(H,16,17)(H,18,19). The van der Waals surface area contributed by atoms with Crippen LogP contribution < -0.4 is 5.32 Å². The maximum Gasteiger partial charge on any atom is 0.336 e. The third kappa shape index (κ3) is 3.24. The first-order valence-electron chi connectivity index (χ1n) is 6.60. The molecule has 0 fully saturated rings. The van der Waals surface area contributed by atoms with Gasteiger partial charge in [0.25, 0.3) is 0 Å². The summed E-state index contributed by atoms with van der Waals surface area (Å²) in [6.07, 6.45) is 0.0431. The molecular weight excluding hydrogens is 256 g/mol. The number of aromatic nitrogens is 1. The zero-order chi connectivity index (χ0) is 14.5. The molecule has 2 rings (SSSR count). The predicted molar refractivity (Wildman–Crippen MR) is 78.3 cm³/mol. The Morgan fingerprint density at radius 2 is 2.20 bits per heavy atom. The van der Waals surface area contributed by atoms with E-state index in [1.54, 1.807) is 24.3 Å². The van der Waals surface area contributed by atoms with Crippen molar-refractivity contribution in [2.24, 2.45) is 0 Å². The lowest BCUT2D eigenvalue weighted by Gasteiger charge is -2.14. The van der Waals surface area contributed by atoms with E-state index in [2.05, 4.69) is 10.3 Å². The number of fused-ring (bicyclic) bond motifs is 1. The number of carbonyl (C=O) groups is 1. The fourth-order valence-corrected chi connectivity index (χ4v) is 2.03. The van der Waals surface area contributed by atoms with Crippen LogP contribution in [0.25, 0.3) is 10.9 Å². The lowest BCUT2D eigenvalue weighted by atomic mass is 10.1. The van der Waals surface area contributed by atoms with Crippen LogP contribution >= 0.6 is 0 Å². The molecule has 2 aromatic rings. The maximum absolute atomic E-state index is 11.3. The quantitative estimate of drug-likeness (QED) is 0.847. The third-order valence-electron chi connectivity index (χ3n) is 2.97. The van der Waals surface area contributed by atoms with Gasteiger partial charge in [-0.3, -0.25) is 0 Å². The summed E-state index contributed by atoms with van der Waals surface area (Å²) in [5.41, 5.74) is 0.918. The Labute approximate surface area is 117 Å². The van der Waals surface area contributed by atoms with Gasteiger partial charge >= 0.3 is 5.97 Å². The first-order valence-corrected chi connectivity index (χ1v) is 6.60. The fraction of sp³-hybridized carbons (Fsp3) is 0.333. The molecule has 1 unspecified atom stereocenters. The smallest absolute Gasteiger partial charge is 0.336 e. The van der Waals surface area contributed by atoms with Gasteiger partial charge in [-0.2, -0.15) is 0 Å². The number of hydrogen-bond acceptors (Lipinski definition) is 4. The van der Waals surface area contributed by atoms with Crippen molar-refractivity contribution in [3.05, 3.63) is 35.9 Å². The van der Waals surface area contributed by atoms with Gasteiger partial charge in [-0.05, 0) is 26.0 Å². The van der Waals surface area contributed by atoms with Gasteiger partial charge in [0.1, 0.15) is 5.82 Å². The largest absolute Gasteiger partial charge is 0.478 e. The van der Waals surface area contributed by atoms with Gasteiger partial charge in [-0.15, -0.1) is 0 Å². The summed E-state index contributed by atoms with van der Waals surface area (Å²) in [5.74, 6) is -0.405. The van der Waals surface area contributed by atoms with Crippen LogP contribution in [0.5, 0.6) is 0 Å². The number of anilines is 1. The minimum Gasteiger partial charge on any atom is -0.478 e.